The fraction of sp³-hybridized carbons (Fsp3) is 0.545. The van der Waals surface area contributed by atoms with Crippen molar-refractivity contribution in [1.82, 2.24) is 9.88 Å². The van der Waals surface area contributed by atoms with Crippen molar-refractivity contribution in [3.63, 3.8) is 0 Å². The Morgan fingerprint density at radius 1 is 1.56 bits per heavy atom. The van der Waals surface area contributed by atoms with Gasteiger partial charge < -0.3 is 10.6 Å². The summed E-state index contributed by atoms with van der Waals surface area (Å²) in [6, 6.07) is -0.0718. The first-order chi connectivity index (χ1) is 8.43. The third-order valence-electron chi connectivity index (χ3n) is 2.31. The van der Waals surface area contributed by atoms with E-state index < -0.39 is 5.91 Å². The van der Waals surface area contributed by atoms with Crippen molar-refractivity contribution in [2.24, 2.45) is 5.73 Å². The van der Waals surface area contributed by atoms with Gasteiger partial charge in [0.25, 0.3) is 0 Å². The normalized spacial score (nSPS) is 10.7. The number of halogens is 1. The summed E-state index contributed by atoms with van der Waals surface area (Å²) in [6.45, 7) is 3.62. The zero-order chi connectivity index (χ0) is 13.7. The first-order valence-electron chi connectivity index (χ1n) is 5.51. The fourth-order valence-electron chi connectivity index (χ4n) is 1.45. The molecule has 0 aliphatic rings. The van der Waals surface area contributed by atoms with Gasteiger partial charge in [-0.05, 0) is 13.8 Å². The van der Waals surface area contributed by atoms with Gasteiger partial charge >= 0.3 is 0 Å². The summed E-state index contributed by atoms with van der Waals surface area (Å²) in [6.07, 6.45) is 0.174. The van der Waals surface area contributed by atoms with E-state index >= 15 is 0 Å². The lowest BCUT2D eigenvalue weighted by molar-refractivity contribution is -0.136. The molecule has 2 N–H and O–H groups in total. The number of hydrogen-bond donors (Lipinski definition) is 1. The summed E-state index contributed by atoms with van der Waals surface area (Å²) in [5.41, 5.74) is 5.88. The van der Waals surface area contributed by atoms with Crippen molar-refractivity contribution in [2.45, 2.75) is 32.2 Å². The maximum atomic E-state index is 12.0. The van der Waals surface area contributed by atoms with Crippen LogP contribution in [0.1, 0.15) is 24.5 Å². The molecule has 0 unspecified atom stereocenters. The third-order valence-corrected chi connectivity index (χ3v) is 3.48. The lowest BCUT2D eigenvalue weighted by Gasteiger charge is -2.24. The first kappa shape index (κ1) is 14.9. The Balaban J connectivity index is 2.69. The molecule has 100 valence electrons. The number of rotatable bonds is 6. The van der Waals surface area contributed by atoms with E-state index in [9.17, 15) is 9.59 Å². The predicted octanol–water partition coefficient (Wildman–Crippen LogP) is 1.15. The highest BCUT2D eigenvalue weighted by Crippen LogP contribution is 2.13. The summed E-state index contributed by atoms with van der Waals surface area (Å²) >= 11 is 7.04. The summed E-state index contributed by atoms with van der Waals surface area (Å²) in [5, 5.41) is 2.52. The van der Waals surface area contributed by atoms with E-state index in [1.165, 1.54) is 16.2 Å². The van der Waals surface area contributed by atoms with Gasteiger partial charge in [0.1, 0.15) is 5.01 Å². The van der Waals surface area contributed by atoms with Crippen molar-refractivity contribution in [1.29, 1.82) is 0 Å². The Labute approximate surface area is 115 Å². The minimum Gasteiger partial charge on any atom is -0.368 e. The standard InChI is InChI=1S/C11H16ClN3O2S/c1-7(2)15(5-9(13)16)11(17)3-10-14-8(4-12)6-18-10/h6-7H,3-5H2,1-2H3,(H2,13,16). The van der Waals surface area contributed by atoms with Gasteiger partial charge in [0, 0.05) is 11.4 Å². The average Bonchev–Trinajstić information content (AvgIpc) is 2.72. The molecule has 0 radical (unpaired) electrons. The SMILES string of the molecule is CC(C)N(CC(N)=O)C(=O)Cc1nc(CCl)cs1. The van der Waals surface area contributed by atoms with Crippen LogP contribution in [0.4, 0.5) is 0 Å². The molecule has 0 bridgehead atoms. The van der Waals surface area contributed by atoms with Crippen LogP contribution in [-0.2, 0) is 21.9 Å². The quantitative estimate of drug-likeness (QED) is 0.798. The number of carbonyl (C=O) groups is 2. The molecule has 2 amide bonds. The largest absolute Gasteiger partial charge is 0.368 e. The molecule has 1 aromatic rings. The molecule has 1 aromatic heterocycles. The maximum Gasteiger partial charge on any atom is 0.237 e. The van der Waals surface area contributed by atoms with Gasteiger partial charge in [0.05, 0.1) is 24.5 Å². The van der Waals surface area contributed by atoms with E-state index in [0.29, 0.717) is 10.9 Å². The Morgan fingerprint density at radius 3 is 2.67 bits per heavy atom. The molecular formula is C11H16ClN3O2S. The van der Waals surface area contributed by atoms with Gasteiger partial charge in [-0.25, -0.2) is 4.98 Å². The topological polar surface area (TPSA) is 76.3 Å². The Morgan fingerprint density at radius 2 is 2.22 bits per heavy atom. The van der Waals surface area contributed by atoms with Crippen molar-refractivity contribution in [3.05, 3.63) is 16.1 Å². The van der Waals surface area contributed by atoms with Gasteiger partial charge in [0.15, 0.2) is 0 Å². The molecule has 1 rings (SSSR count). The second-order valence-electron chi connectivity index (χ2n) is 4.12. The summed E-state index contributed by atoms with van der Waals surface area (Å²) in [4.78, 5) is 28.6. The van der Waals surface area contributed by atoms with E-state index in [0.717, 1.165) is 5.69 Å². The van der Waals surface area contributed by atoms with E-state index in [4.69, 9.17) is 17.3 Å². The van der Waals surface area contributed by atoms with Gasteiger partial charge in [-0.3, -0.25) is 9.59 Å². The molecule has 0 atom stereocenters. The van der Waals surface area contributed by atoms with Crippen LogP contribution in [0.2, 0.25) is 0 Å². The van der Waals surface area contributed by atoms with Crippen molar-refractivity contribution in [3.8, 4) is 0 Å². The number of hydrogen-bond acceptors (Lipinski definition) is 4. The number of aromatic nitrogens is 1. The summed E-state index contributed by atoms with van der Waals surface area (Å²) in [7, 11) is 0. The molecule has 1 heterocycles. The second kappa shape index (κ2) is 6.70. The highest BCUT2D eigenvalue weighted by molar-refractivity contribution is 7.09. The molecule has 5 nitrogen and oxygen atoms in total. The van der Waals surface area contributed by atoms with Crippen molar-refractivity contribution < 1.29 is 9.59 Å². The monoisotopic (exact) mass is 289 g/mol. The maximum absolute atomic E-state index is 12.0. The van der Waals surface area contributed by atoms with Crippen LogP contribution in [0.25, 0.3) is 0 Å². The number of primary amides is 1. The lowest BCUT2D eigenvalue weighted by atomic mass is 10.2. The van der Waals surface area contributed by atoms with Crippen molar-refractivity contribution >= 4 is 34.8 Å². The van der Waals surface area contributed by atoms with E-state index in [1.807, 2.05) is 19.2 Å². The zero-order valence-electron chi connectivity index (χ0n) is 10.4. The average molecular weight is 290 g/mol. The Hall–Kier alpha value is -1.14. The number of alkyl halides is 1. The molecule has 0 aliphatic heterocycles. The van der Waals surface area contributed by atoms with Gasteiger partial charge in [0.2, 0.25) is 11.8 Å². The van der Waals surface area contributed by atoms with E-state index in [-0.39, 0.29) is 24.9 Å². The van der Waals surface area contributed by atoms with Crippen LogP contribution >= 0.6 is 22.9 Å². The molecular weight excluding hydrogens is 274 g/mol. The third kappa shape index (κ3) is 4.27. The van der Waals surface area contributed by atoms with E-state index in [2.05, 4.69) is 4.98 Å². The summed E-state index contributed by atoms with van der Waals surface area (Å²) < 4.78 is 0. The highest BCUT2D eigenvalue weighted by Gasteiger charge is 2.20. The number of nitrogens with zero attached hydrogens (tertiary/aromatic N) is 2. The summed E-state index contributed by atoms with van der Waals surface area (Å²) in [5.74, 6) is -0.336. The molecule has 18 heavy (non-hydrogen) atoms. The lowest BCUT2D eigenvalue weighted by Crippen LogP contribution is -2.43. The van der Waals surface area contributed by atoms with Crippen molar-refractivity contribution in [2.75, 3.05) is 6.54 Å². The highest BCUT2D eigenvalue weighted by atomic mass is 35.5. The number of nitrogens with two attached hydrogens (primary N) is 1. The molecule has 0 fully saturated rings. The van der Waals surface area contributed by atoms with Crippen LogP contribution in [0, 0.1) is 0 Å². The predicted molar refractivity (Wildman–Crippen MR) is 71.4 cm³/mol. The molecule has 0 aromatic carbocycles. The van der Waals surface area contributed by atoms with Gasteiger partial charge in [-0.1, -0.05) is 0 Å². The molecule has 0 saturated carbocycles. The number of carbonyl (C=O) groups excluding carboxylic acids is 2. The zero-order valence-corrected chi connectivity index (χ0v) is 11.9. The molecule has 0 spiro atoms. The Bertz CT molecular complexity index is 434. The molecule has 0 saturated heterocycles. The van der Waals surface area contributed by atoms with Crippen LogP contribution < -0.4 is 5.73 Å². The smallest absolute Gasteiger partial charge is 0.237 e. The van der Waals surface area contributed by atoms with Crippen LogP contribution in [0.3, 0.4) is 0 Å². The second-order valence-corrected chi connectivity index (χ2v) is 5.33. The Kier molecular flexibility index (Phi) is 5.55. The van der Waals surface area contributed by atoms with Crippen LogP contribution in [-0.4, -0.2) is 34.3 Å². The van der Waals surface area contributed by atoms with Gasteiger partial charge in [-0.15, -0.1) is 22.9 Å². The minimum atomic E-state index is -0.516. The van der Waals surface area contributed by atoms with Crippen LogP contribution in [0.5, 0.6) is 0 Å². The number of thiazole rings is 1. The molecule has 7 heteroatoms. The number of amides is 2. The minimum absolute atomic E-state index is 0.0652. The fourth-order valence-corrected chi connectivity index (χ4v) is 2.46. The van der Waals surface area contributed by atoms with Gasteiger partial charge in [-0.2, -0.15) is 0 Å². The van der Waals surface area contributed by atoms with Crippen LogP contribution in [0.15, 0.2) is 5.38 Å². The van der Waals surface area contributed by atoms with E-state index in [1.54, 1.807) is 0 Å². The molecule has 0 aliphatic carbocycles. The first-order valence-corrected chi connectivity index (χ1v) is 6.92.